The van der Waals surface area contributed by atoms with Crippen molar-refractivity contribution in [3.05, 3.63) is 0 Å². The average molecular weight is 293 g/mol. The highest BCUT2D eigenvalue weighted by molar-refractivity contribution is 4.99. The van der Waals surface area contributed by atoms with E-state index in [1.807, 2.05) is 0 Å². The van der Waals surface area contributed by atoms with Crippen molar-refractivity contribution in [3.8, 4) is 0 Å². The van der Waals surface area contributed by atoms with Crippen molar-refractivity contribution in [3.63, 3.8) is 0 Å². The molecule has 0 amide bonds. The Bertz CT molecular complexity index is 336. The summed E-state index contributed by atoms with van der Waals surface area (Å²) in [5.74, 6) is 1.01. The molecule has 4 atom stereocenters. The van der Waals surface area contributed by atoms with Crippen molar-refractivity contribution >= 4 is 0 Å². The van der Waals surface area contributed by atoms with Gasteiger partial charge in [-0.3, -0.25) is 4.90 Å². The van der Waals surface area contributed by atoms with Crippen LogP contribution in [0.15, 0.2) is 0 Å². The van der Waals surface area contributed by atoms with Crippen molar-refractivity contribution in [1.29, 1.82) is 0 Å². The highest BCUT2D eigenvalue weighted by Gasteiger charge is 2.43. The molecule has 2 unspecified atom stereocenters. The third kappa shape index (κ3) is 3.47. The molecule has 0 radical (unpaired) electrons. The van der Waals surface area contributed by atoms with Crippen LogP contribution in [0.3, 0.4) is 0 Å². The van der Waals surface area contributed by atoms with Crippen molar-refractivity contribution in [1.82, 2.24) is 10.2 Å². The molecule has 3 aliphatic rings. The van der Waals surface area contributed by atoms with Gasteiger partial charge in [-0.1, -0.05) is 33.6 Å². The molecule has 2 aliphatic carbocycles. The highest BCUT2D eigenvalue weighted by Crippen LogP contribution is 2.42. The van der Waals surface area contributed by atoms with E-state index >= 15 is 0 Å². The van der Waals surface area contributed by atoms with Gasteiger partial charge in [0.05, 0.1) is 0 Å². The van der Waals surface area contributed by atoms with E-state index in [1.165, 1.54) is 64.3 Å². The summed E-state index contributed by atoms with van der Waals surface area (Å²) in [6.07, 6.45) is 13.0. The van der Waals surface area contributed by atoms with E-state index in [2.05, 4.69) is 31.0 Å². The van der Waals surface area contributed by atoms with E-state index in [1.54, 1.807) is 0 Å². The Morgan fingerprint density at radius 3 is 2.57 bits per heavy atom. The summed E-state index contributed by atoms with van der Waals surface area (Å²) in [5.41, 5.74) is 0.540. The second-order valence-corrected chi connectivity index (χ2v) is 8.63. The average Bonchev–Trinajstić information content (AvgIpc) is 2.48. The molecule has 0 aromatic heterocycles. The third-order valence-electron chi connectivity index (χ3n) is 6.54. The lowest BCUT2D eigenvalue weighted by Gasteiger charge is -2.53. The molecule has 2 nitrogen and oxygen atoms in total. The molecule has 1 saturated heterocycles. The number of nitrogens with zero attached hydrogens (tertiary/aromatic N) is 1. The van der Waals surface area contributed by atoms with Crippen LogP contribution in [0.25, 0.3) is 0 Å². The van der Waals surface area contributed by atoms with Crippen molar-refractivity contribution in [2.24, 2.45) is 11.3 Å². The van der Waals surface area contributed by atoms with E-state index in [4.69, 9.17) is 0 Å². The minimum absolute atomic E-state index is 0.540. The smallest absolute Gasteiger partial charge is 0.0257 e. The Balaban J connectivity index is 1.76. The van der Waals surface area contributed by atoms with Crippen LogP contribution in [0.4, 0.5) is 0 Å². The highest BCUT2D eigenvalue weighted by atomic mass is 15.2. The van der Waals surface area contributed by atoms with E-state index in [0.717, 1.165) is 30.6 Å². The van der Waals surface area contributed by atoms with Crippen molar-refractivity contribution in [2.45, 2.75) is 96.7 Å². The molecule has 2 heteroatoms. The second-order valence-electron chi connectivity index (χ2n) is 8.63. The van der Waals surface area contributed by atoms with E-state index < -0.39 is 0 Å². The minimum Gasteiger partial charge on any atom is -0.313 e. The monoisotopic (exact) mass is 292 g/mol. The number of likely N-dealkylation sites (tertiary alicyclic amines) is 1. The number of nitrogens with one attached hydrogen (secondary N) is 1. The predicted octanol–water partition coefficient (Wildman–Crippen LogP) is 4.20. The van der Waals surface area contributed by atoms with Crippen LogP contribution >= 0.6 is 0 Å². The SMILES string of the molecule is CCNC1CCC(C)(C)CC1N1CCC[C@H]2CCCC[C@H]21. The number of likely N-dealkylation sites (N-methyl/N-ethyl adjacent to an activating group) is 1. The number of rotatable bonds is 3. The van der Waals surface area contributed by atoms with Gasteiger partial charge < -0.3 is 5.32 Å². The third-order valence-corrected chi connectivity index (χ3v) is 6.54. The Labute approximate surface area is 132 Å². The van der Waals surface area contributed by atoms with Gasteiger partial charge in [0, 0.05) is 18.1 Å². The molecule has 3 fully saturated rings. The van der Waals surface area contributed by atoms with Gasteiger partial charge in [0.2, 0.25) is 0 Å². The van der Waals surface area contributed by atoms with Gasteiger partial charge in [-0.25, -0.2) is 0 Å². The lowest BCUT2D eigenvalue weighted by Crippen LogP contribution is -2.60. The first kappa shape index (κ1) is 15.8. The molecule has 0 aromatic carbocycles. The van der Waals surface area contributed by atoms with Gasteiger partial charge in [0.1, 0.15) is 0 Å². The Morgan fingerprint density at radius 2 is 1.76 bits per heavy atom. The fourth-order valence-corrected chi connectivity index (χ4v) is 5.47. The summed E-state index contributed by atoms with van der Waals surface area (Å²) in [6.45, 7) is 9.75. The molecular weight excluding hydrogens is 256 g/mol. The summed E-state index contributed by atoms with van der Waals surface area (Å²) in [6, 6.07) is 2.44. The van der Waals surface area contributed by atoms with Crippen LogP contribution in [0.5, 0.6) is 0 Å². The molecule has 0 aromatic rings. The Hall–Kier alpha value is -0.0800. The van der Waals surface area contributed by atoms with E-state index in [9.17, 15) is 0 Å². The Morgan fingerprint density at radius 1 is 1.00 bits per heavy atom. The maximum atomic E-state index is 3.82. The maximum Gasteiger partial charge on any atom is 0.0257 e. The second kappa shape index (κ2) is 6.58. The molecule has 0 bridgehead atoms. The van der Waals surface area contributed by atoms with Crippen LogP contribution in [0, 0.1) is 11.3 Å². The topological polar surface area (TPSA) is 15.3 Å². The lowest BCUT2D eigenvalue weighted by atomic mass is 9.70. The van der Waals surface area contributed by atoms with Gasteiger partial charge in [0.25, 0.3) is 0 Å². The van der Waals surface area contributed by atoms with Gasteiger partial charge in [-0.2, -0.15) is 0 Å². The largest absolute Gasteiger partial charge is 0.313 e. The fraction of sp³-hybridized carbons (Fsp3) is 1.00. The summed E-state index contributed by atoms with van der Waals surface area (Å²) < 4.78 is 0. The molecule has 1 aliphatic heterocycles. The lowest BCUT2D eigenvalue weighted by molar-refractivity contribution is -0.0206. The first-order valence-electron chi connectivity index (χ1n) is 9.60. The summed E-state index contributed by atoms with van der Waals surface area (Å²) in [7, 11) is 0. The zero-order chi connectivity index (χ0) is 14.9. The normalized spacial score (nSPS) is 40.7. The van der Waals surface area contributed by atoms with Crippen LogP contribution < -0.4 is 5.32 Å². The van der Waals surface area contributed by atoms with Crippen molar-refractivity contribution in [2.75, 3.05) is 13.1 Å². The summed E-state index contributed by atoms with van der Waals surface area (Å²) >= 11 is 0. The first-order valence-corrected chi connectivity index (χ1v) is 9.60. The molecule has 21 heavy (non-hydrogen) atoms. The van der Waals surface area contributed by atoms with Crippen LogP contribution in [0.1, 0.15) is 78.6 Å². The molecule has 1 N–H and O–H groups in total. The number of hydrogen-bond donors (Lipinski definition) is 1. The molecule has 3 rings (SSSR count). The molecule has 0 spiro atoms. The summed E-state index contributed by atoms with van der Waals surface area (Å²) in [4.78, 5) is 2.97. The predicted molar refractivity (Wildman–Crippen MR) is 90.6 cm³/mol. The molecular formula is C19H36N2. The maximum absolute atomic E-state index is 3.82. The number of hydrogen-bond acceptors (Lipinski definition) is 2. The molecule has 122 valence electrons. The van der Waals surface area contributed by atoms with Crippen molar-refractivity contribution < 1.29 is 0 Å². The van der Waals surface area contributed by atoms with Gasteiger partial charge in [-0.15, -0.1) is 0 Å². The van der Waals surface area contributed by atoms with Gasteiger partial charge in [-0.05, 0) is 69.4 Å². The minimum atomic E-state index is 0.540. The van der Waals surface area contributed by atoms with Crippen LogP contribution in [-0.4, -0.2) is 36.1 Å². The fourth-order valence-electron chi connectivity index (χ4n) is 5.47. The van der Waals surface area contributed by atoms with Crippen LogP contribution in [0.2, 0.25) is 0 Å². The summed E-state index contributed by atoms with van der Waals surface area (Å²) in [5, 5.41) is 3.82. The zero-order valence-electron chi connectivity index (χ0n) is 14.5. The molecule has 1 heterocycles. The van der Waals surface area contributed by atoms with Crippen LogP contribution in [-0.2, 0) is 0 Å². The van der Waals surface area contributed by atoms with E-state index in [-0.39, 0.29) is 0 Å². The number of piperidine rings is 1. The van der Waals surface area contributed by atoms with Gasteiger partial charge >= 0.3 is 0 Å². The van der Waals surface area contributed by atoms with E-state index in [0.29, 0.717) is 5.41 Å². The number of fused-ring (bicyclic) bond motifs is 1. The zero-order valence-corrected chi connectivity index (χ0v) is 14.5. The standard InChI is InChI=1S/C19H36N2/c1-4-20-16-11-12-19(2,3)14-18(16)21-13-7-9-15-8-5-6-10-17(15)21/h15-18,20H,4-14H2,1-3H3/t15-,16?,17-,18?/m1/s1. The van der Waals surface area contributed by atoms with Gasteiger partial charge in [0.15, 0.2) is 0 Å². The Kier molecular flexibility index (Phi) is 4.95. The first-order chi connectivity index (χ1) is 10.1. The molecule has 2 saturated carbocycles. The quantitative estimate of drug-likeness (QED) is 0.839.